The molecule has 4 nitrogen and oxygen atoms in total. The highest BCUT2D eigenvalue weighted by atomic mass is 14.8. The van der Waals surface area contributed by atoms with Gasteiger partial charge in [0.15, 0.2) is 0 Å². The third-order valence-electron chi connectivity index (χ3n) is 11.6. The zero-order valence-corrected chi connectivity index (χ0v) is 31.3. The van der Waals surface area contributed by atoms with Gasteiger partial charge >= 0.3 is 0 Å². The molecule has 0 unspecified atom stereocenters. The van der Waals surface area contributed by atoms with Gasteiger partial charge in [-0.1, -0.05) is 170 Å². The molecular formula is C54H32N4. The van der Waals surface area contributed by atoms with Gasteiger partial charge in [-0.05, 0) is 56.6 Å². The van der Waals surface area contributed by atoms with Crippen LogP contribution in [0.25, 0.3) is 121 Å². The van der Waals surface area contributed by atoms with E-state index < -0.39 is 0 Å². The van der Waals surface area contributed by atoms with E-state index in [-0.39, 0.29) is 0 Å². The van der Waals surface area contributed by atoms with Gasteiger partial charge in [-0.2, -0.15) is 0 Å². The Kier molecular flexibility index (Phi) is 7.20. The number of nitrogens with zero attached hydrogens (tertiary/aromatic N) is 4. The molecule has 0 saturated carbocycles. The van der Waals surface area contributed by atoms with Crippen molar-refractivity contribution in [2.45, 2.75) is 0 Å². The van der Waals surface area contributed by atoms with E-state index in [1.54, 1.807) is 0 Å². The van der Waals surface area contributed by atoms with E-state index in [1.165, 1.54) is 21.5 Å². The molecule has 12 rings (SSSR count). The number of pyridine rings is 4. The van der Waals surface area contributed by atoms with Crippen LogP contribution in [0.1, 0.15) is 0 Å². The maximum atomic E-state index is 5.36. The van der Waals surface area contributed by atoms with Crippen molar-refractivity contribution in [2.75, 3.05) is 0 Å². The largest absolute Gasteiger partial charge is 0.245 e. The molecule has 4 heterocycles. The molecule has 0 saturated heterocycles. The average molecular weight is 737 g/mol. The maximum Gasteiger partial charge on any atom is 0.0972 e. The first-order valence-corrected chi connectivity index (χ1v) is 19.6. The lowest BCUT2D eigenvalue weighted by Gasteiger charge is -2.13. The first-order chi connectivity index (χ1) is 28.7. The minimum Gasteiger partial charge on any atom is -0.245 e. The average Bonchev–Trinajstić information content (AvgIpc) is 3.30. The van der Waals surface area contributed by atoms with Crippen molar-refractivity contribution in [3.8, 4) is 45.0 Å². The molecule has 0 aliphatic rings. The van der Waals surface area contributed by atoms with E-state index in [0.717, 1.165) is 99.4 Å². The molecule has 0 N–H and O–H groups in total. The van der Waals surface area contributed by atoms with Gasteiger partial charge < -0.3 is 0 Å². The summed E-state index contributed by atoms with van der Waals surface area (Å²) in [5.41, 5.74) is 11.6. The molecule has 268 valence electrons. The molecule has 0 atom stereocenters. The molecule has 4 heteroatoms. The van der Waals surface area contributed by atoms with Gasteiger partial charge in [0.05, 0.1) is 44.8 Å². The van der Waals surface area contributed by atoms with Crippen LogP contribution >= 0.6 is 0 Å². The molecule has 0 fully saturated rings. The summed E-state index contributed by atoms with van der Waals surface area (Å²) in [6.07, 6.45) is 0. The van der Waals surface area contributed by atoms with E-state index in [9.17, 15) is 0 Å². The molecule has 0 bridgehead atoms. The Morgan fingerprint density at radius 3 is 0.810 bits per heavy atom. The number of benzene rings is 8. The van der Waals surface area contributed by atoms with E-state index in [1.807, 2.05) is 0 Å². The number of fused-ring (bicyclic) bond motifs is 9. The van der Waals surface area contributed by atoms with Crippen LogP contribution in [0.3, 0.4) is 0 Å². The normalized spacial score (nSPS) is 11.8. The molecule has 58 heavy (non-hydrogen) atoms. The summed E-state index contributed by atoms with van der Waals surface area (Å²) < 4.78 is 0. The smallest absolute Gasteiger partial charge is 0.0972 e. The van der Waals surface area contributed by atoms with Crippen molar-refractivity contribution in [2.24, 2.45) is 0 Å². The fourth-order valence-corrected chi connectivity index (χ4v) is 8.79. The van der Waals surface area contributed by atoms with Crippen LogP contribution < -0.4 is 0 Å². The highest BCUT2D eigenvalue weighted by molar-refractivity contribution is 6.09. The van der Waals surface area contributed by atoms with Crippen molar-refractivity contribution in [1.82, 2.24) is 19.9 Å². The van der Waals surface area contributed by atoms with E-state index in [2.05, 4.69) is 194 Å². The monoisotopic (exact) mass is 736 g/mol. The Bertz CT molecular complexity index is 3390. The number of hydrogen-bond donors (Lipinski definition) is 0. The van der Waals surface area contributed by atoms with Gasteiger partial charge in [-0.15, -0.1) is 0 Å². The number of hydrogen-bond acceptors (Lipinski definition) is 4. The first kappa shape index (κ1) is 32.4. The zero-order chi connectivity index (χ0) is 38.2. The summed E-state index contributed by atoms with van der Waals surface area (Å²) in [4.78, 5) is 21.3. The highest BCUT2D eigenvalue weighted by Gasteiger charge is 2.15. The molecular weight excluding hydrogens is 705 g/mol. The molecule has 12 aromatic rings. The predicted octanol–water partition coefficient (Wildman–Crippen LogP) is 14.0. The summed E-state index contributed by atoms with van der Waals surface area (Å²) in [7, 11) is 0. The quantitative estimate of drug-likeness (QED) is 0.169. The molecule has 8 aromatic carbocycles. The first-order valence-electron chi connectivity index (χ1n) is 19.6. The van der Waals surface area contributed by atoms with Gasteiger partial charge in [-0.3, -0.25) is 0 Å². The fraction of sp³-hybridized carbons (Fsp3) is 0. The minimum atomic E-state index is 0.892. The van der Waals surface area contributed by atoms with Gasteiger partial charge in [0, 0.05) is 43.8 Å². The second kappa shape index (κ2) is 12.9. The van der Waals surface area contributed by atoms with Gasteiger partial charge in [-0.25, -0.2) is 19.9 Å². The summed E-state index contributed by atoms with van der Waals surface area (Å²) >= 11 is 0. The SMILES string of the molecule is c1ccc2c(-c3ccc4ccc5ccc(-c6cccc7c(-c8ccc9ccc%10ccc(-c%11cccc%12ccccc%11%12)nc%10c9n8)cccc67)nc5c4n3)cccc2c1. The Labute approximate surface area is 333 Å². The van der Waals surface area contributed by atoms with Crippen LogP contribution in [0.5, 0.6) is 0 Å². The van der Waals surface area contributed by atoms with Crippen molar-refractivity contribution in [3.63, 3.8) is 0 Å². The second-order valence-electron chi connectivity index (χ2n) is 15.0. The van der Waals surface area contributed by atoms with Gasteiger partial charge in [0.25, 0.3) is 0 Å². The van der Waals surface area contributed by atoms with Crippen molar-refractivity contribution < 1.29 is 0 Å². The number of rotatable bonds is 4. The van der Waals surface area contributed by atoms with Crippen LogP contribution in [-0.4, -0.2) is 19.9 Å². The second-order valence-corrected chi connectivity index (χ2v) is 15.0. The van der Waals surface area contributed by atoms with E-state index >= 15 is 0 Å². The lowest BCUT2D eigenvalue weighted by atomic mass is 9.95. The summed E-state index contributed by atoms with van der Waals surface area (Å²) in [5.74, 6) is 0. The Morgan fingerprint density at radius 1 is 0.190 bits per heavy atom. The summed E-state index contributed by atoms with van der Waals surface area (Å²) in [6, 6.07) is 68.5. The van der Waals surface area contributed by atoms with Crippen LogP contribution in [0.4, 0.5) is 0 Å². The third kappa shape index (κ3) is 5.16. The molecule has 0 aliphatic carbocycles. The van der Waals surface area contributed by atoms with E-state index in [0.29, 0.717) is 0 Å². The Hall–Kier alpha value is -7.82. The molecule has 0 amide bonds. The molecule has 0 spiro atoms. The Balaban J connectivity index is 0.992. The summed E-state index contributed by atoms with van der Waals surface area (Å²) in [6.45, 7) is 0. The fourth-order valence-electron chi connectivity index (χ4n) is 8.79. The van der Waals surface area contributed by atoms with Crippen molar-refractivity contribution >= 4 is 75.9 Å². The van der Waals surface area contributed by atoms with Crippen LogP contribution in [0.2, 0.25) is 0 Å². The van der Waals surface area contributed by atoms with Crippen molar-refractivity contribution in [1.29, 1.82) is 0 Å². The van der Waals surface area contributed by atoms with Crippen LogP contribution in [-0.2, 0) is 0 Å². The zero-order valence-electron chi connectivity index (χ0n) is 31.3. The van der Waals surface area contributed by atoms with Crippen molar-refractivity contribution in [3.05, 3.63) is 194 Å². The van der Waals surface area contributed by atoms with Crippen LogP contribution in [0.15, 0.2) is 194 Å². The summed E-state index contributed by atoms with van der Waals surface area (Å²) in [5, 5.41) is 11.3. The lowest BCUT2D eigenvalue weighted by Crippen LogP contribution is -1.93. The lowest BCUT2D eigenvalue weighted by molar-refractivity contribution is 1.37. The standard InChI is InChI=1S/C54H32N4/c1-3-13-39-33(9-1)11-5-17-43(39)47-29-25-35-21-23-37-27-31-49(57-53(37)51(35)55-47)45-19-7-16-42-41(45)15-8-20-46(42)50-32-28-38-24-22-36-26-30-48(56-52(36)54(38)58-50)44-18-6-12-34-10-2-4-14-40(34)44/h1-32H. The highest BCUT2D eigenvalue weighted by Crippen LogP contribution is 2.38. The third-order valence-corrected chi connectivity index (χ3v) is 11.6. The Morgan fingerprint density at radius 2 is 0.448 bits per heavy atom. The topological polar surface area (TPSA) is 51.6 Å². The number of aromatic nitrogens is 4. The molecule has 4 aromatic heterocycles. The van der Waals surface area contributed by atoms with Gasteiger partial charge in [0.2, 0.25) is 0 Å². The van der Waals surface area contributed by atoms with E-state index in [4.69, 9.17) is 19.9 Å². The minimum absolute atomic E-state index is 0.892. The van der Waals surface area contributed by atoms with Gasteiger partial charge in [0.1, 0.15) is 0 Å². The van der Waals surface area contributed by atoms with Crippen LogP contribution in [0, 0.1) is 0 Å². The predicted molar refractivity (Wildman–Crippen MR) is 242 cm³/mol. The maximum absolute atomic E-state index is 5.36. The molecule has 0 aliphatic heterocycles. The molecule has 0 radical (unpaired) electrons.